The van der Waals surface area contributed by atoms with E-state index in [0.29, 0.717) is 33.8 Å². The summed E-state index contributed by atoms with van der Waals surface area (Å²) in [7, 11) is -0.951. The molecule has 2 heterocycles. The Morgan fingerprint density at radius 1 is 1.03 bits per heavy atom. The molecule has 0 saturated carbocycles. The van der Waals surface area contributed by atoms with E-state index in [0.717, 1.165) is 28.8 Å². The van der Waals surface area contributed by atoms with Crippen LogP contribution >= 0.6 is 10.6 Å². The minimum Gasteiger partial charge on any atom is -0.415 e. The maximum atomic E-state index is 10.5. The van der Waals surface area contributed by atoms with Crippen LogP contribution in [0.3, 0.4) is 0 Å². The van der Waals surface area contributed by atoms with Gasteiger partial charge < -0.3 is 9.73 Å². The summed E-state index contributed by atoms with van der Waals surface area (Å²) >= 11 is 0. The van der Waals surface area contributed by atoms with Crippen molar-refractivity contribution in [1.29, 1.82) is 0 Å². The first kappa shape index (κ1) is 24.0. The Hall–Kier alpha value is -3.11. The molecule has 0 aliphatic heterocycles. The molecule has 0 amide bonds. The molecule has 4 rings (SSSR count). The molecule has 9 heteroatoms. The van der Waals surface area contributed by atoms with Crippen molar-refractivity contribution in [3.63, 3.8) is 0 Å². The van der Waals surface area contributed by atoms with Crippen molar-refractivity contribution in [2.45, 2.75) is 44.4 Å². The van der Waals surface area contributed by atoms with E-state index in [9.17, 15) is 9.11 Å². The van der Waals surface area contributed by atoms with Crippen molar-refractivity contribution in [1.82, 2.24) is 25.5 Å². The molecule has 3 N–H and O–H groups in total. The van der Waals surface area contributed by atoms with E-state index in [1.54, 1.807) is 32.2 Å². The maximum Gasteiger partial charge on any atom is 0.268 e. The second kappa shape index (κ2) is 9.63. The number of nitrogens with zero attached hydrogens (tertiary/aromatic N) is 4. The highest BCUT2D eigenvalue weighted by Crippen LogP contribution is 2.52. The first-order valence-electron chi connectivity index (χ1n) is 11.0. The summed E-state index contributed by atoms with van der Waals surface area (Å²) < 4.78 is 26.9. The van der Waals surface area contributed by atoms with Crippen molar-refractivity contribution in [3.05, 3.63) is 65.5 Å². The van der Waals surface area contributed by atoms with Crippen molar-refractivity contribution in [3.8, 4) is 34.3 Å². The Balaban J connectivity index is 0.00000342. The third kappa shape index (κ3) is 4.74. The highest BCUT2D eigenvalue weighted by atomic mass is 32.3. The Morgan fingerprint density at radius 3 is 2.38 bits per heavy atom. The molecule has 0 spiro atoms. The number of benzene rings is 2. The standard InChI is InChI=1S/C25H29N5O3S.H2/c1-15(2)34(31,32)20-10-11-21(16(3)12-20)22-14-27-17(4)23(28-22)25-30-29-24(33-25)19-8-6-18(7-9-19)13-26-5;/h6-12,14-15,26,31-32H,13H2,1-5H3;1H. The van der Waals surface area contributed by atoms with Gasteiger partial charge in [-0.1, -0.05) is 18.2 Å². The maximum absolute atomic E-state index is 10.5. The molecule has 0 aliphatic rings. The van der Waals surface area contributed by atoms with Gasteiger partial charge in [0.15, 0.2) is 0 Å². The van der Waals surface area contributed by atoms with Gasteiger partial charge in [0.05, 0.1) is 22.5 Å². The zero-order valence-electron chi connectivity index (χ0n) is 19.9. The molecule has 4 aromatic rings. The van der Waals surface area contributed by atoms with Gasteiger partial charge in [-0.15, -0.1) is 10.2 Å². The van der Waals surface area contributed by atoms with E-state index in [-0.39, 0.29) is 6.68 Å². The van der Waals surface area contributed by atoms with Crippen LogP contribution in [0.2, 0.25) is 0 Å². The van der Waals surface area contributed by atoms with Crippen LogP contribution in [-0.4, -0.2) is 41.6 Å². The summed E-state index contributed by atoms with van der Waals surface area (Å²) in [6.45, 7) is 8.14. The summed E-state index contributed by atoms with van der Waals surface area (Å²) in [5.74, 6) is 0.710. The molecule has 0 aliphatic carbocycles. The van der Waals surface area contributed by atoms with Gasteiger partial charge in [0, 0.05) is 24.3 Å². The van der Waals surface area contributed by atoms with Crippen LogP contribution in [0.4, 0.5) is 0 Å². The summed E-state index contributed by atoms with van der Waals surface area (Å²) in [6, 6.07) is 13.3. The highest BCUT2D eigenvalue weighted by molar-refractivity contribution is 8.24. The molecule has 0 saturated heterocycles. The lowest BCUT2D eigenvalue weighted by molar-refractivity contribution is 0.476. The Bertz CT molecular complexity index is 1310. The largest absolute Gasteiger partial charge is 0.415 e. The zero-order valence-corrected chi connectivity index (χ0v) is 20.7. The second-order valence-electron chi connectivity index (χ2n) is 8.45. The van der Waals surface area contributed by atoms with E-state index < -0.39 is 10.6 Å². The number of nitrogens with one attached hydrogen (secondary N) is 1. The highest BCUT2D eigenvalue weighted by Gasteiger charge is 2.22. The molecule has 0 bridgehead atoms. The molecule has 8 nitrogen and oxygen atoms in total. The number of aryl methyl sites for hydroxylation is 2. The van der Waals surface area contributed by atoms with Crippen LogP contribution in [0.5, 0.6) is 0 Å². The first-order chi connectivity index (χ1) is 16.2. The van der Waals surface area contributed by atoms with Crippen LogP contribution in [0, 0.1) is 13.8 Å². The van der Waals surface area contributed by atoms with Crippen molar-refractivity contribution in [2.24, 2.45) is 0 Å². The van der Waals surface area contributed by atoms with Crippen molar-refractivity contribution in [2.75, 3.05) is 7.05 Å². The average molecular weight is 482 g/mol. The van der Waals surface area contributed by atoms with Gasteiger partial charge in [-0.3, -0.25) is 14.1 Å². The molecule has 0 atom stereocenters. The summed E-state index contributed by atoms with van der Waals surface area (Å²) in [5, 5.41) is 11.3. The van der Waals surface area contributed by atoms with Crippen LogP contribution in [0.15, 0.2) is 58.0 Å². The van der Waals surface area contributed by atoms with E-state index in [2.05, 4.69) is 20.5 Å². The third-order valence-corrected chi connectivity index (χ3v) is 7.91. The van der Waals surface area contributed by atoms with E-state index in [1.807, 2.05) is 51.2 Å². The number of aromatic nitrogens is 4. The summed E-state index contributed by atoms with van der Waals surface area (Å²) in [4.78, 5) is 9.78. The SMILES string of the molecule is CNCc1ccc(-c2nnc(-c3nc(-c4ccc(S(O)(O)C(C)C)cc4C)cnc3C)o2)cc1.[HH]. The topological polar surface area (TPSA) is 117 Å². The quantitative estimate of drug-likeness (QED) is 0.296. The van der Waals surface area contributed by atoms with E-state index >= 15 is 0 Å². The zero-order chi connectivity index (χ0) is 24.5. The Morgan fingerprint density at radius 2 is 1.74 bits per heavy atom. The lowest BCUT2D eigenvalue weighted by Crippen LogP contribution is -2.10. The normalized spacial score (nSPS) is 12.4. The lowest BCUT2D eigenvalue weighted by atomic mass is 10.1. The van der Waals surface area contributed by atoms with E-state index in [1.165, 1.54) is 0 Å². The molecule has 2 aromatic carbocycles. The second-order valence-corrected chi connectivity index (χ2v) is 11.0. The van der Waals surface area contributed by atoms with Crippen LogP contribution in [0.1, 0.15) is 32.1 Å². The predicted molar refractivity (Wildman–Crippen MR) is 137 cm³/mol. The molecule has 180 valence electrons. The summed E-state index contributed by atoms with van der Waals surface area (Å²) in [6.07, 6.45) is 1.69. The molecular formula is C25H31N5O3S. The first-order valence-corrected chi connectivity index (χ1v) is 12.6. The molecule has 2 aromatic heterocycles. The Kier molecular flexibility index (Phi) is 6.81. The van der Waals surface area contributed by atoms with E-state index in [4.69, 9.17) is 9.40 Å². The smallest absolute Gasteiger partial charge is 0.268 e. The number of rotatable bonds is 7. The van der Waals surface area contributed by atoms with Gasteiger partial charge in [0.25, 0.3) is 5.89 Å². The lowest BCUT2D eigenvalue weighted by Gasteiger charge is -2.36. The van der Waals surface area contributed by atoms with Gasteiger partial charge >= 0.3 is 0 Å². The van der Waals surface area contributed by atoms with Gasteiger partial charge in [-0.25, -0.2) is 4.98 Å². The van der Waals surface area contributed by atoms with Crippen LogP contribution in [-0.2, 0) is 6.54 Å². The number of hydrogen-bond acceptors (Lipinski definition) is 8. The van der Waals surface area contributed by atoms with Crippen molar-refractivity contribution < 1.29 is 14.9 Å². The number of hydrogen-bond donors (Lipinski definition) is 3. The fourth-order valence-corrected chi connectivity index (χ4v) is 4.73. The fraction of sp³-hybridized carbons (Fsp3) is 0.280. The van der Waals surface area contributed by atoms with Gasteiger partial charge in [-0.05, 0) is 70.1 Å². The molecule has 34 heavy (non-hydrogen) atoms. The third-order valence-electron chi connectivity index (χ3n) is 5.64. The van der Waals surface area contributed by atoms with Gasteiger partial charge in [0.1, 0.15) is 5.69 Å². The minimum atomic E-state index is -2.86. The Labute approximate surface area is 202 Å². The average Bonchev–Trinajstić information content (AvgIpc) is 3.30. The molecule has 0 radical (unpaired) electrons. The van der Waals surface area contributed by atoms with Crippen LogP contribution in [0.25, 0.3) is 34.3 Å². The minimum absolute atomic E-state index is 0. The van der Waals surface area contributed by atoms with Gasteiger partial charge in [-0.2, -0.15) is 10.6 Å². The van der Waals surface area contributed by atoms with Crippen molar-refractivity contribution >= 4 is 10.6 Å². The monoisotopic (exact) mass is 481 g/mol. The predicted octanol–water partition coefficient (Wildman–Crippen LogP) is 5.96. The van der Waals surface area contributed by atoms with Gasteiger partial charge in [0.2, 0.25) is 5.89 Å². The van der Waals surface area contributed by atoms with Crippen LogP contribution < -0.4 is 5.32 Å². The molecular weight excluding hydrogens is 450 g/mol. The fourth-order valence-electron chi connectivity index (χ4n) is 3.57. The molecule has 0 fully saturated rings. The summed E-state index contributed by atoms with van der Waals surface area (Å²) in [5.41, 5.74) is 5.53. The molecule has 0 unspecified atom stereocenters.